The van der Waals surface area contributed by atoms with E-state index in [2.05, 4.69) is 4.99 Å². The molecule has 1 saturated heterocycles. The van der Waals surface area contributed by atoms with Crippen molar-refractivity contribution >= 4 is 28.8 Å². The highest BCUT2D eigenvalue weighted by molar-refractivity contribution is 7.10. The fourth-order valence-corrected chi connectivity index (χ4v) is 5.02. The smallest absolute Gasteiger partial charge is 0.416 e. The van der Waals surface area contributed by atoms with Gasteiger partial charge in [0.05, 0.1) is 17.5 Å². The number of benzene rings is 2. The molecule has 1 unspecified atom stereocenters. The normalized spacial score (nSPS) is 17.9. The number of rotatable bonds is 2. The molecule has 0 N–H and O–H groups in total. The number of aliphatic imine (C=N–C) groups is 1. The molecule has 34 heavy (non-hydrogen) atoms. The number of carbonyl (C=O) groups excluding carboxylic acids is 1. The summed E-state index contributed by atoms with van der Waals surface area (Å²) in [5, 5.41) is 1.95. The van der Waals surface area contributed by atoms with Gasteiger partial charge < -0.3 is 14.5 Å². The van der Waals surface area contributed by atoms with Gasteiger partial charge in [-0.3, -0.25) is 4.79 Å². The van der Waals surface area contributed by atoms with E-state index in [0.29, 0.717) is 43.2 Å². The monoisotopic (exact) mass is 485 g/mol. The van der Waals surface area contributed by atoms with Crippen LogP contribution in [-0.4, -0.2) is 47.2 Å². The van der Waals surface area contributed by atoms with Gasteiger partial charge in [-0.2, -0.15) is 13.2 Å². The molecule has 0 bridgehead atoms. The van der Waals surface area contributed by atoms with Crippen LogP contribution < -0.4 is 4.74 Å². The number of hydrogen-bond donors (Lipinski definition) is 0. The molecule has 0 spiro atoms. The maximum absolute atomic E-state index is 13.3. The van der Waals surface area contributed by atoms with Gasteiger partial charge in [-0.1, -0.05) is 18.2 Å². The van der Waals surface area contributed by atoms with Gasteiger partial charge in [-0.25, -0.2) is 4.99 Å². The van der Waals surface area contributed by atoms with E-state index in [-0.39, 0.29) is 23.4 Å². The van der Waals surface area contributed by atoms with Crippen molar-refractivity contribution in [1.82, 2.24) is 9.80 Å². The summed E-state index contributed by atoms with van der Waals surface area (Å²) in [6.07, 6.45) is -4.11. The largest absolute Gasteiger partial charge is 0.454 e. The van der Waals surface area contributed by atoms with E-state index < -0.39 is 11.7 Å². The Hall–Kier alpha value is -3.33. The van der Waals surface area contributed by atoms with Crippen molar-refractivity contribution in [3.63, 3.8) is 0 Å². The number of nitrogens with zero attached hydrogens (tertiary/aromatic N) is 3. The zero-order valence-corrected chi connectivity index (χ0v) is 19.2. The number of hydrogen-bond acceptors (Lipinski definition) is 5. The number of amidine groups is 1. The Labute approximate surface area is 199 Å². The first-order valence-corrected chi connectivity index (χ1v) is 11.8. The maximum atomic E-state index is 13.3. The summed E-state index contributed by atoms with van der Waals surface area (Å²) in [5.74, 6) is 1.42. The summed E-state index contributed by atoms with van der Waals surface area (Å²) in [7, 11) is 0. The number of piperazine rings is 1. The van der Waals surface area contributed by atoms with Crippen LogP contribution in [0.1, 0.15) is 22.9 Å². The molecule has 5 rings (SSSR count). The van der Waals surface area contributed by atoms with E-state index >= 15 is 0 Å². The fourth-order valence-electron chi connectivity index (χ4n) is 4.33. The average molecular weight is 486 g/mol. The number of alkyl halides is 3. The average Bonchev–Trinajstić information content (AvgIpc) is 3.24. The molecule has 9 heteroatoms. The molecule has 0 aliphatic carbocycles. The van der Waals surface area contributed by atoms with Crippen LogP contribution in [0.3, 0.4) is 0 Å². The van der Waals surface area contributed by atoms with Gasteiger partial charge >= 0.3 is 6.18 Å². The summed E-state index contributed by atoms with van der Waals surface area (Å²) < 4.78 is 46.0. The molecule has 3 heterocycles. The summed E-state index contributed by atoms with van der Waals surface area (Å²) in [6, 6.07) is 14.4. The molecule has 1 aromatic heterocycles. The Kier molecular flexibility index (Phi) is 5.81. The number of thiophene rings is 1. The number of halogens is 3. The van der Waals surface area contributed by atoms with Crippen molar-refractivity contribution in [2.45, 2.75) is 25.6 Å². The highest BCUT2D eigenvalue weighted by Crippen LogP contribution is 2.41. The van der Waals surface area contributed by atoms with Crippen molar-refractivity contribution in [3.05, 3.63) is 76.0 Å². The van der Waals surface area contributed by atoms with Crippen molar-refractivity contribution in [2.24, 2.45) is 4.99 Å². The van der Waals surface area contributed by atoms with E-state index in [9.17, 15) is 18.0 Å². The summed E-state index contributed by atoms with van der Waals surface area (Å²) >= 11 is 1.56. The molecule has 2 aliphatic heterocycles. The molecule has 0 radical (unpaired) electrons. The van der Waals surface area contributed by atoms with Crippen LogP contribution in [0.2, 0.25) is 0 Å². The molecular weight excluding hydrogens is 463 g/mol. The standard InChI is InChI=1S/C25H22F3N3O2S/c1-16-15-30(10-11-31(16)23(32)14-18-5-4-12-34-18)24-19-6-2-3-7-21(19)33-22-9-8-17(25(26,27)28)13-20(22)29-24/h2-9,12-13,16H,10-11,14-15H2,1H3. The Morgan fingerprint density at radius 3 is 2.68 bits per heavy atom. The van der Waals surface area contributed by atoms with Crippen LogP contribution in [0.15, 0.2) is 65.0 Å². The molecule has 2 aromatic carbocycles. The van der Waals surface area contributed by atoms with Gasteiger partial charge in [-0.05, 0) is 48.7 Å². The third-order valence-corrected chi connectivity index (χ3v) is 6.89. The van der Waals surface area contributed by atoms with Crippen LogP contribution in [0.25, 0.3) is 0 Å². The first-order valence-electron chi connectivity index (χ1n) is 10.9. The van der Waals surface area contributed by atoms with Crippen LogP contribution in [0, 0.1) is 0 Å². The molecule has 0 saturated carbocycles. The second kappa shape index (κ2) is 8.79. The number of carbonyl (C=O) groups is 1. The molecule has 2 aliphatic rings. The van der Waals surface area contributed by atoms with Crippen molar-refractivity contribution < 1.29 is 22.7 Å². The van der Waals surface area contributed by atoms with Crippen LogP contribution in [-0.2, 0) is 17.4 Å². The topological polar surface area (TPSA) is 45.1 Å². The van der Waals surface area contributed by atoms with Gasteiger partial charge in [0.15, 0.2) is 5.75 Å². The lowest BCUT2D eigenvalue weighted by Gasteiger charge is -2.41. The molecule has 1 atom stereocenters. The van der Waals surface area contributed by atoms with Gasteiger partial charge in [0.2, 0.25) is 5.91 Å². The predicted molar refractivity (Wildman–Crippen MR) is 125 cm³/mol. The number of para-hydroxylation sites is 1. The minimum atomic E-state index is -4.48. The van der Waals surface area contributed by atoms with Gasteiger partial charge in [0.25, 0.3) is 0 Å². The molecule has 5 nitrogen and oxygen atoms in total. The van der Waals surface area contributed by atoms with E-state index in [0.717, 1.165) is 17.0 Å². The highest BCUT2D eigenvalue weighted by atomic mass is 32.1. The first kappa shape index (κ1) is 22.5. The van der Waals surface area contributed by atoms with Crippen molar-refractivity contribution in [2.75, 3.05) is 19.6 Å². The van der Waals surface area contributed by atoms with E-state index in [1.54, 1.807) is 17.4 Å². The maximum Gasteiger partial charge on any atom is 0.416 e. The summed E-state index contributed by atoms with van der Waals surface area (Å²) in [4.78, 5) is 22.4. The SMILES string of the molecule is CC1CN(C2=Nc3cc(C(F)(F)F)ccc3Oc3ccccc32)CCN1C(=O)Cc1cccs1. The molecule has 1 amide bonds. The predicted octanol–water partition coefficient (Wildman–Crippen LogP) is 5.73. The van der Waals surface area contributed by atoms with Crippen LogP contribution in [0.5, 0.6) is 11.5 Å². The lowest BCUT2D eigenvalue weighted by atomic mass is 10.1. The number of ether oxygens (including phenoxy) is 1. The molecule has 3 aromatic rings. The molecule has 176 valence electrons. The Bertz CT molecular complexity index is 1240. The fraction of sp³-hybridized carbons (Fsp3) is 0.280. The Balaban J connectivity index is 1.45. The van der Waals surface area contributed by atoms with E-state index in [4.69, 9.17) is 4.74 Å². The lowest BCUT2D eigenvalue weighted by molar-refractivity contribution is -0.137. The number of fused-ring (bicyclic) bond motifs is 2. The second-order valence-corrected chi connectivity index (χ2v) is 9.38. The quantitative estimate of drug-likeness (QED) is 0.466. The van der Waals surface area contributed by atoms with Gasteiger partial charge in [0.1, 0.15) is 17.3 Å². The minimum Gasteiger partial charge on any atom is -0.454 e. The van der Waals surface area contributed by atoms with Crippen molar-refractivity contribution in [3.8, 4) is 11.5 Å². The zero-order chi connectivity index (χ0) is 23.9. The Morgan fingerprint density at radius 2 is 1.94 bits per heavy atom. The van der Waals surface area contributed by atoms with Gasteiger partial charge in [0, 0.05) is 30.6 Å². The third-order valence-electron chi connectivity index (χ3n) is 6.01. The van der Waals surface area contributed by atoms with E-state index in [1.165, 1.54) is 6.07 Å². The Morgan fingerprint density at radius 1 is 1.12 bits per heavy atom. The molecule has 1 fully saturated rings. The minimum absolute atomic E-state index is 0.0707. The third kappa shape index (κ3) is 4.40. The van der Waals surface area contributed by atoms with Gasteiger partial charge in [-0.15, -0.1) is 11.3 Å². The number of amides is 1. The second-order valence-electron chi connectivity index (χ2n) is 8.35. The van der Waals surface area contributed by atoms with Crippen LogP contribution >= 0.6 is 11.3 Å². The van der Waals surface area contributed by atoms with E-state index in [1.807, 2.05) is 52.4 Å². The summed E-state index contributed by atoms with van der Waals surface area (Å²) in [6.45, 7) is 3.51. The van der Waals surface area contributed by atoms with Crippen molar-refractivity contribution in [1.29, 1.82) is 0 Å². The molecular formula is C25H22F3N3O2S. The lowest BCUT2D eigenvalue weighted by Crippen LogP contribution is -2.55. The first-order chi connectivity index (χ1) is 16.3. The highest BCUT2D eigenvalue weighted by Gasteiger charge is 2.34. The summed E-state index contributed by atoms with van der Waals surface area (Å²) in [5.41, 5.74) is 0.0592. The zero-order valence-electron chi connectivity index (χ0n) is 18.4. The van der Waals surface area contributed by atoms with Crippen LogP contribution in [0.4, 0.5) is 18.9 Å².